The first-order valence-corrected chi connectivity index (χ1v) is 11.0. The predicted octanol–water partition coefficient (Wildman–Crippen LogP) is 1.54. The molecular weight excluding hydrogens is 404 g/mol. The van der Waals surface area contributed by atoms with Crippen LogP contribution in [0.4, 0.5) is 11.4 Å². The second-order valence-electron chi connectivity index (χ2n) is 8.14. The molecule has 8 heteroatoms. The van der Waals surface area contributed by atoms with Crippen LogP contribution in [0.2, 0.25) is 0 Å². The maximum Gasteiger partial charge on any atom is 0.253 e. The van der Waals surface area contributed by atoms with Crippen LogP contribution in [0.25, 0.3) is 0 Å². The summed E-state index contributed by atoms with van der Waals surface area (Å²) in [6, 6.07) is 14.3. The SMILES string of the molecule is N#Cc1ccc(C(=O)N2CCN(c3ccc(C(=O)N4CCCNCC4)cc3N)CC2)cc1. The molecule has 0 atom stereocenters. The molecule has 2 saturated heterocycles. The van der Waals surface area contributed by atoms with E-state index in [2.05, 4.69) is 16.3 Å². The van der Waals surface area contributed by atoms with Crippen molar-refractivity contribution < 1.29 is 9.59 Å². The molecule has 0 unspecified atom stereocenters. The molecule has 32 heavy (non-hydrogen) atoms. The molecule has 2 fully saturated rings. The van der Waals surface area contributed by atoms with Crippen molar-refractivity contribution in [1.82, 2.24) is 15.1 Å². The summed E-state index contributed by atoms with van der Waals surface area (Å²) in [6.07, 6.45) is 0.949. The number of carbonyl (C=O) groups excluding carboxylic acids is 2. The Hall–Kier alpha value is -3.57. The number of nitriles is 1. The van der Waals surface area contributed by atoms with E-state index >= 15 is 0 Å². The minimum absolute atomic E-state index is 0.0183. The highest BCUT2D eigenvalue weighted by Gasteiger charge is 2.24. The standard InChI is InChI=1S/C24H28N6O2/c25-17-18-2-4-19(5-3-18)23(31)30-14-12-28(13-15-30)22-7-6-20(16-21(22)26)24(32)29-10-1-8-27-9-11-29/h2-7,16,27H,1,8-15,26H2. The Bertz CT molecular complexity index is 1010. The molecule has 0 radical (unpaired) electrons. The van der Waals surface area contributed by atoms with Crippen LogP contribution in [0.15, 0.2) is 42.5 Å². The van der Waals surface area contributed by atoms with Gasteiger partial charge in [-0.25, -0.2) is 0 Å². The zero-order chi connectivity index (χ0) is 22.5. The monoisotopic (exact) mass is 432 g/mol. The molecule has 2 aromatic carbocycles. The van der Waals surface area contributed by atoms with E-state index in [1.807, 2.05) is 21.9 Å². The highest BCUT2D eigenvalue weighted by atomic mass is 16.2. The lowest BCUT2D eigenvalue weighted by molar-refractivity contribution is 0.0744. The number of amides is 2. The van der Waals surface area contributed by atoms with Crippen LogP contribution in [0.5, 0.6) is 0 Å². The van der Waals surface area contributed by atoms with E-state index in [4.69, 9.17) is 11.0 Å². The Balaban J connectivity index is 1.38. The fraction of sp³-hybridized carbons (Fsp3) is 0.375. The molecule has 8 nitrogen and oxygen atoms in total. The number of nitrogens with two attached hydrogens (primary N) is 1. The van der Waals surface area contributed by atoms with Crippen LogP contribution in [0, 0.1) is 11.3 Å². The van der Waals surface area contributed by atoms with Gasteiger partial charge in [0.15, 0.2) is 0 Å². The van der Waals surface area contributed by atoms with Gasteiger partial charge in [-0.1, -0.05) is 0 Å². The van der Waals surface area contributed by atoms with E-state index in [1.165, 1.54) is 0 Å². The summed E-state index contributed by atoms with van der Waals surface area (Å²) in [5.74, 6) is -0.0141. The largest absolute Gasteiger partial charge is 0.397 e. The fourth-order valence-corrected chi connectivity index (χ4v) is 4.23. The maximum atomic E-state index is 12.9. The third kappa shape index (κ3) is 4.68. The van der Waals surface area contributed by atoms with Crippen LogP contribution in [-0.4, -0.2) is 74.0 Å². The summed E-state index contributed by atoms with van der Waals surface area (Å²) < 4.78 is 0. The molecule has 2 aromatic rings. The molecule has 2 amide bonds. The van der Waals surface area contributed by atoms with Gasteiger partial charge in [0.2, 0.25) is 0 Å². The van der Waals surface area contributed by atoms with Crippen molar-refractivity contribution in [1.29, 1.82) is 5.26 Å². The summed E-state index contributed by atoms with van der Waals surface area (Å²) >= 11 is 0. The topological polar surface area (TPSA) is 106 Å². The molecule has 0 spiro atoms. The minimum Gasteiger partial charge on any atom is -0.397 e. The number of nitrogen functional groups attached to an aromatic ring is 1. The zero-order valence-electron chi connectivity index (χ0n) is 18.1. The number of nitrogens with one attached hydrogen (secondary N) is 1. The first kappa shape index (κ1) is 21.7. The van der Waals surface area contributed by atoms with Crippen LogP contribution in [0.1, 0.15) is 32.7 Å². The first-order valence-electron chi connectivity index (χ1n) is 11.0. The fourth-order valence-electron chi connectivity index (χ4n) is 4.23. The summed E-state index contributed by atoms with van der Waals surface area (Å²) in [7, 11) is 0. The van der Waals surface area contributed by atoms with Gasteiger partial charge in [-0.2, -0.15) is 5.26 Å². The van der Waals surface area contributed by atoms with Crippen molar-refractivity contribution in [3.8, 4) is 6.07 Å². The van der Waals surface area contributed by atoms with E-state index in [0.717, 1.165) is 31.7 Å². The highest BCUT2D eigenvalue weighted by molar-refractivity contribution is 5.96. The molecule has 4 rings (SSSR count). The average Bonchev–Trinajstić information content (AvgIpc) is 3.13. The smallest absolute Gasteiger partial charge is 0.253 e. The van der Waals surface area contributed by atoms with Crippen LogP contribution in [-0.2, 0) is 0 Å². The molecule has 2 heterocycles. The second kappa shape index (κ2) is 9.71. The third-order valence-electron chi connectivity index (χ3n) is 6.07. The number of rotatable bonds is 3. The average molecular weight is 433 g/mol. The van der Waals surface area contributed by atoms with Crippen molar-refractivity contribution in [3.05, 3.63) is 59.2 Å². The lowest BCUT2D eigenvalue weighted by atomic mass is 10.1. The quantitative estimate of drug-likeness (QED) is 0.713. The van der Waals surface area contributed by atoms with Gasteiger partial charge in [0.05, 0.1) is 23.0 Å². The van der Waals surface area contributed by atoms with Crippen LogP contribution < -0.4 is 16.0 Å². The predicted molar refractivity (Wildman–Crippen MR) is 124 cm³/mol. The highest BCUT2D eigenvalue weighted by Crippen LogP contribution is 2.26. The lowest BCUT2D eigenvalue weighted by Gasteiger charge is -2.36. The Morgan fingerprint density at radius 2 is 1.50 bits per heavy atom. The normalized spacial score (nSPS) is 16.9. The van der Waals surface area contributed by atoms with E-state index in [-0.39, 0.29) is 11.8 Å². The Kier molecular flexibility index (Phi) is 6.57. The van der Waals surface area contributed by atoms with E-state index in [9.17, 15) is 9.59 Å². The van der Waals surface area contributed by atoms with Crippen LogP contribution >= 0.6 is 0 Å². The van der Waals surface area contributed by atoms with Gasteiger partial charge < -0.3 is 25.8 Å². The maximum absolute atomic E-state index is 12.9. The zero-order valence-corrected chi connectivity index (χ0v) is 18.1. The number of carbonyl (C=O) groups is 2. The molecule has 0 saturated carbocycles. The number of anilines is 2. The van der Waals surface area contributed by atoms with Crippen LogP contribution in [0.3, 0.4) is 0 Å². The van der Waals surface area contributed by atoms with E-state index in [1.54, 1.807) is 30.3 Å². The van der Waals surface area contributed by atoms with Crippen molar-refractivity contribution >= 4 is 23.2 Å². The number of nitrogens with zero attached hydrogens (tertiary/aromatic N) is 4. The number of piperazine rings is 1. The Morgan fingerprint density at radius 3 is 2.19 bits per heavy atom. The molecule has 2 aliphatic rings. The summed E-state index contributed by atoms with van der Waals surface area (Å²) in [5, 5.41) is 12.2. The van der Waals surface area contributed by atoms with Crippen molar-refractivity contribution in [2.24, 2.45) is 0 Å². The molecule has 2 aliphatic heterocycles. The lowest BCUT2D eigenvalue weighted by Crippen LogP contribution is -2.49. The van der Waals surface area contributed by atoms with Crippen molar-refractivity contribution in [2.75, 3.05) is 63.0 Å². The van der Waals surface area contributed by atoms with E-state index in [0.29, 0.717) is 55.1 Å². The van der Waals surface area contributed by atoms with E-state index < -0.39 is 0 Å². The Morgan fingerprint density at radius 1 is 0.844 bits per heavy atom. The molecule has 166 valence electrons. The molecule has 0 bridgehead atoms. The third-order valence-corrected chi connectivity index (χ3v) is 6.07. The van der Waals surface area contributed by atoms with Gasteiger partial charge in [-0.15, -0.1) is 0 Å². The van der Waals surface area contributed by atoms with Gasteiger partial charge in [0.1, 0.15) is 0 Å². The van der Waals surface area contributed by atoms with Gasteiger partial charge >= 0.3 is 0 Å². The number of benzene rings is 2. The second-order valence-corrected chi connectivity index (χ2v) is 8.14. The summed E-state index contributed by atoms with van der Waals surface area (Å²) in [5.41, 5.74) is 9.54. The number of hydrogen-bond donors (Lipinski definition) is 2. The Labute approximate surface area is 188 Å². The van der Waals surface area contributed by atoms with Crippen molar-refractivity contribution in [3.63, 3.8) is 0 Å². The molecule has 0 aromatic heterocycles. The van der Waals surface area contributed by atoms with Gasteiger partial charge in [0.25, 0.3) is 11.8 Å². The minimum atomic E-state index is -0.0324. The van der Waals surface area contributed by atoms with Gasteiger partial charge in [-0.3, -0.25) is 9.59 Å². The summed E-state index contributed by atoms with van der Waals surface area (Å²) in [6.45, 7) is 5.70. The summed E-state index contributed by atoms with van der Waals surface area (Å²) in [4.78, 5) is 31.5. The number of hydrogen-bond acceptors (Lipinski definition) is 6. The van der Waals surface area contributed by atoms with Gasteiger partial charge in [0, 0.05) is 56.9 Å². The molecule has 0 aliphatic carbocycles. The molecule has 3 N–H and O–H groups in total. The molecular formula is C24H28N6O2. The first-order chi connectivity index (χ1) is 15.6. The van der Waals surface area contributed by atoms with Crippen molar-refractivity contribution in [2.45, 2.75) is 6.42 Å². The van der Waals surface area contributed by atoms with Gasteiger partial charge in [-0.05, 0) is 55.4 Å².